The molecule has 0 spiro atoms. The van der Waals surface area contributed by atoms with E-state index < -0.39 is 18.3 Å². The fourth-order valence-corrected chi connectivity index (χ4v) is 5.07. The van der Waals surface area contributed by atoms with Gasteiger partial charge < -0.3 is 13.9 Å². The monoisotopic (exact) mass is 453 g/mol. The lowest BCUT2D eigenvalue weighted by atomic mass is 9.75. The largest absolute Gasteiger partial charge is 0.495 e. The molecule has 33 heavy (non-hydrogen) atoms. The SMILES string of the molecule is CC1(C)OB(c2cc3c(c4ccccc24)c2cc(Cl)ccc2n3-c2ccccc2)OC1(C)C. The molecule has 164 valence electrons. The minimum Gasteiger partial charge on any atom is -0.399 e. The van der Waals surface area contributed by atoms with Crippen molar-refractivity contribution in [1.82, 2.24) is 4.57 Å². The molecule has 1 aliphatic heterocycles. The summed E-state index contributed by atoms with van der Waals surface area (Å²) in [7, 11) is -0.449. The van der Waals surface area contributed by atoms with Gasteiger partial charge in [-0.25, -0.2) is 0 Å². The molecule has 0 saturated carbocycles. The zero-order valence-corrected chi connectivity index (χ0v) is 20.0. The smallest absolute Gasteiger partial charge is 0.399 e. The van der Waals surface area contributed by atoms with Crippen LogP contribution >= 0.6 is 11.6 Å². The highest BCUT2D eigenvalue weighted by atomic mass is 35.5. The lowest BCUT2D eigenvalue weighted by molar-refractivity contribution is 0.00578. The Morgan fingerprint density at radius 3 is 2.03 bits per heavy atom. The lowest BCUT2D eigenvalue weighted by Gasteiger charge is -2.32. The zero-order valence-electron chi connectivity index (χ0n) is 19.2. The molecule has 6 rings (SSSR count). The quantitative estimate of drug-likeness (QED) is 0.272. The highest BCUT2D eigenvalue weighted by molar-refractivity contribution is 6.66. The first-order chi connectivity index (χ1) is 15.8. The maximum absolute atomic E-state index is 6.49. The second-order valence-corrected chi connectivity index (χ2v) is 10.3. The van der Waals surface area contributed by atoms with Crippen LogP contribution in [0.1, 0.15) is 27.7 Å². The topological polar surface area (TPSA) is 23.4 Å². The van der Waals surface area contributed by atoms with Gasteiger partial charge in [0.05, 0.1) is 22.2 Å². The van der Waals surface area contributed by atoms with Crippen LogP contribution in [0.25, 0.3) is 38.3 Å². The maximum Gasteiger partial charge on any atom is 0.495 e. The molecule has 5 aromatic rings. The molecule has 0 aliphatic carbocycles. The van der Waals surface area contributed by atoms with Crippen molar-refractivity contribution in [3.8, 4) is 5.69 Å². The molecule has 0 N–H and O–H groups in total. The lowest BCUT2D eigenvalue weighted by Crippen LogP contribution is -2.41. The molecule has 3 nitrogen and oxygen atoms in total. The van der Waals surface area contributed by atoms with Crippen molar-refractivity contribution in [3.05, 3.63) is 83.9 Å². The van der Waals surface area contributed by atoms with Gasteiger partial charge in [-0.2, -0.15) is 0 Å². The van der Waals surface area contributed by atoms with Crippen LogP contribution in [0.5, 0.6) is 0 Å². The first kappa shape index (κ1) is 20.8. The van der Waals surface area contributed by atoms with Gasteiger partial charge in [0.2, 0.25) is 0 Å². The van der Waals surface area contributed by atoms with E-state index in [1.54, 1.807) is 0 Å². The minimum absolute atomic E-state index is 0.409. The van der Waals surface area contributed by atoms with Crippen molar-refractivity contribution < 1.29 is 9.31 Å². The van der Waals surface area contributed by atoms with E-state index in [0.717, 1.165) is 38.0 Å². The number of benzene rings is 4. The van der Waals surface area contributed by atoms with Gasteiger partial charge >= 0.3 is 7.12 Å². The Morgan fingerprint density at radius 1 is 0.697 bits per heavy atom. The van der Waals surface area contributed by atoms with Crippen LogP contribution in [0, 0.1) is 0 Å². The highest BCUT2D eigenvalue weighted by Gasteiger charge is 2.52. The van der Waals surface area contributed by atoms with Crippen LogP contribution < -0.4 is 5.46 Å². The fourth-order valence-electron chi connectivity index (χ4n) is 4.90. The summed E-state index contributed by atoms with van der Waals surface area (Å²) in [5.41, 5.74) is 3.57. The van der Waals surface area contributed by atoms with E-state index in [-0.39, 0.29) is 0 Å². The molecule has 1 saturated heterocycles. The Balaban J connectivity index is 1.75. The molecule has 0 radical (unpaired) electrons. The zero-order chi connectivity index (χ0) is 23.0. The summed E-state index contributed by atoms with van der Waals surface area (Å²) in [4.78, 5) is 0. The van der Waals surface area contributed by atoms with Crippen molar-refractivity contribution in [2.45, 2.75) is 38.9 Å². The third kappa shape index (κ3) is 3.05. The third-order valence-electron chi connectivity index (χ3n) is 7.29. The minimum atomic E-state index is -0.449. The van der Waals surface area contributed by atoms with Gasteiger partial charge in [0.15, 0.2) is 0 Å². The van der Waals surface area contributed by atoms with E-state index in [2.05, 4.69) is 99.0 Å². The summed E-state index contributed by atoms with van der Waals surface area (Å²) in [6.45, 7) is 8.38. The highest BCUT2D eigenvalue weighted by Crippen LogP contribution is 2.40. The number of fused-ring (bicyclic) bond motifs is 5. The fraction of sp³-hybridized carbons (Fsp3) is 0.214. The van der Waals surface area contributed by atoms with Crippen LogP contribution in [-0.4, -0.2) is 22.9 Å². The van der Waals surface area contributed by atoms with Crippen molar-refractivity contribution in [2.24, 2.45) is 0 Å². The Bertz CT molecular complexity index is 1520. The molecule has 1 fully saturated rings. The maximum atomic E-state index is 6.49. The van der Waals surface area contributed by atoms with Crippen molar-refractivity contribution in [1.29, 1.82) is 0 Å². The Hall–Kier alpha value is -2.79. The molecule has 5 heteroatoms. The van der Waals surface area contributed by atoms with E-state index >= 15 is 0 Å². The summed E-state index contributed by atoms with van der Waals surface area (Å²) in [6.07, 6.45) is 0. The first-order valence-corrected chi connectivity index (χ1v) is 11.7. The normalized spacial score (nSPS) is 17.4. The molecule has 0 amide bonds. The number of halogens is 1. The van der Waals surface area contributed by atoms with Gasteiger partial charge in [0.1, 0.15) is 0 Å². The standard InChI is InChI=1S/C28H25BClNO2/c1-27(2)28(3,4)33-29(32-27)23-17-25-26(21-13-9-8-12-20(21)23)22-16-18(30)14-15-24(22)31(25)19-10-6-5-7-11-19/h5-17H,1-4H3. The summed E-state index contributed by atoms with van der Waals surface area (Å²) in [5, 5.41) is 5.36. The second kappa shape index (κ2) is 7.10. The average molecular weight is 454 g/mol. The molecule has 0 unspecified atom stereocenters. The molecule has 4 aromatic carbocycles. The van der Waals surface area contributed by atoms with E-state index in [1.807, 2.05) is 12.1 Å². The van der Waals surface area contributed by atoms with Gasteiger partial charge in [-0.3, -0.25) is 0 Å². The Kier molecular flexibility index (Phi) is 4.48. The Morgan fingerprint density at radius 2 is 1.33 bits per heavy atom. The van der Waals surface area contributed by atoms with Gasteiger partial charge in [0.25, 0.3) is 0 Å². The van der Waals surface area contributed by atoms with Crippen LogP contribution in [0.15, 0.2) is 78.9 Å². The molecule has 0 atom stereocenters. The summed E-state index contributed by atoms with van der Waals surface area (Å²) in [6, 6.07) is 27.3. The van der Waals surface area contributed by atoms with Gasteiger partial charge in [-0.1, -0.05) is 54.1 Å². The molecule has 1 aliphatic rings. The number of hydrogen-bond acceptors (Lipinski definition) is 2. The summed E-state index contributed by atoms with van der Waals surface area (Å²) >= 11 is 6.47. The number of para-hydroxylation sites is 1. The number of rotatable bonds is 2. The summed E-state index contributed by atoms with van der Waals surface area (Å²) < 4.78 is 15.3. The number of aromatic nitrogens is 1. The third-order valence-corrected chi connectivity index (χ3v) is 7.52. The summed E-state index contributed by atoms with van der Waals surface area (Å²) in [5.74, 6) is 0. The van der Waals surface area contributed by atoms with Crippen LogP contribution in [-0.2, 0) is 9.31 Å². The van der Waals surface area contributed by atoms with Gasteiger partial charge in [-0.05, 0) is 80.3 Å². The molecular weight excluding hydrogens is 429 g/mol. The number of nitrogens with zero attached hydrogens (tertiary/aromatic N) is 1. The first-order valence-electron chi connectivity index (χ1n) is 11.3. The second-order valence-electron chi connectivity index (χ2n) is 9.83. The number of hydrogen-bond donors (Lipinski definition) is 0. The van der Waals surface area contributed by atoms with Gasteiger partial charge in [-0.15, -0.1) is 0 Å². The molecular formula is C28H25BClNO2. The van der Waals surface area contributed by atoms with Crippen molar-refractivity contribution >= 4 is 56.8 Å². The predicted octanol–water partition coefficient (Wildman–Crippen LogP) is 6.89. The van der Waals surface area contributed by atoms with E-state index in [1.165, 1.54) is 10.8 Å². The average Bonchev–Trinajstić information content (AvgIpc) is 3.23. The predicted molar refractivity (Wildman–Crippen MR) is 139 cm³/mol. The van der Waals surface area contributed by atoms with Crippen molar-refractivity contribution in [2.75, 3.05) is 0 Å². The molecule has 2 heterocycles. The van der Waals surface area contributed by atoms with Crippen LogP contribution in [0.4, 0.5) is 0 Å². The van der Waals surface area contributed by atoms with Crippen LogP contribution in [0.2, 0.25) is 5.02 Å². The molecule has 1 aromatic heterocycles. The van der Waals surface area contributed by atoms with Crippen molar-refractivity contribution in [3.63, 3.8) is 0 Å². The molecule has 0 bridgehead atoms. The van der Waals surface area contributed by atoms with E-state index in [9.17, 15) is 0 Å². The Labute approximate surface area is 199 Å². The van der Waals surface area contributed by atoms with E-state index in [0.29, 0.717) is 0 Å². The van der Waals surface area contributed by atoms with E-state index in [4.69, 9.17) is 20.9 Å². The van der Waals surface area contributed by atoms with Gasteiger partial charge in [0, 0.05) is 21.5 Å². The van der Waals surface area contributed by atoms with Crippen LogP contribution in [0.3, 0.4) is 0 Å².